The lowest BCUT2D eigenvalue weighted by Gasteiger charge is -2.41. The van der Waals surface area contributed by atoms with E-state index in [9.17, 15) is 44.6 Å². The van der Waals surface area contributed by atoms with Gasteiger partial charge in [0.15, 0.2) is 6.10 Å². The number of esters is 2. The van der Waals surface area contributed by atoms with Crippen molar-refractivity contribution in [2.45, 2.75) is 230 Å². The van der Waals surface area contributed by atoms with E-state index in [1.165, 1.54) is 83.5 Å². The molecule has 1 rings (SSSR count). The Labute approximate surface area is 397 Å². The van der Waals surface area contributed by atoms with Crippen LogP contribution in [0.1, 0.15) is 187 Å². The number of aliphatic hydroxyl groups excluding tert-OH is 5. The summed E-state index contributed by atoms with van der Waals surface area (Å²) in [5, 5.41) is 50.2. The van der Waals surface area contributed by atoms with Crippen molar-refractivity contribution in [2.75, 3.05) is 13.2 Å². The van der Waals surface area contributed by atoms with Crippen LogP contribution in [0, 0.1) is 0 Å². The highest BCUT2D eigenvalue weighted by molar-refractivity contribution is 7.47. The molecule has 66 heavy (non-hydrogen) atoms. The number of carbonyl (C=O) groups is 2. The number of aliphatic hydroxyl groups is 5. The number of unbranched alkanes of at least 4 members (excludes halogenated alkanes) is 17. The van der Waals surface area contributed by atoms with Gasteiger partial charge in [-0.25, -0.2) is 4.57 Å². The summed E-state index contributed by atoms with van der Waals surface area (Å²) in [7, 11) is -5.14. The van der Waals surface area contributed by atoms with Crippen LogP contribution in [-0.2, 0) is 32.7 Å². The minimum Gasteiger partial charge on any atom is -0.462 e. The molecule has 1 saturated carbocycles. The van der Waals surface area contributed by atoms with Crippen molar-refractivity contribution in [3.8, 4) is 0 Å². The lowest BCUT2D eigenvalue weighted by Crippen LogP contribution is -2.64. The Bertz CT molecular complexity index is 1430. The molecule has 13 nitrogen and oxygen atoms in total. The first-order valence-electron chi connectivity index (χ1n) is 25.2. The van der Waals surface area contributed by atoms with E-state index in [0.29, 0.717) is 19.3 Å². The van der Waals surface area contributed by atoms with Gasteiger partial charge in [-0.15, -0.1) is 0 Å². The summed E-state index contributed by atoms with van der Waals surface area (Å²) in [5.74, 6) is -1.20. The van der Waals surface area contributed by atoms with Gasteiger partial charge in [0.25, 0.3) is 0 Å². The maximum atomic E-state index is 12.8. The van der Waals surface area contributed by atoms with Crippen LogP contribution in [0.2, 0.25) is 0 Å². The molecule has 0 aromatic heterocycles. The molecule has 8 atom stereocenters. The largest absolute Gasteiger partial charge is 0.472 e. The second-order valence-corrected chi connectivity index (χ2v) is 18.7. The molecule has 0 spiro atoms. The normalized spacial score (nSPS) is 21.9. The minimum atomic E-state index is -5.14. The van der Waals surface area contributed by atoms with Crippen molar-refractivity contribution in [3.63, 3.8) is 0 Å². The molecule has 1 fully saturated rings. The fourth-order valence-electron chi connectivity index (χ4n) is 7.31. The SMILES string of the molecule is CC/C=C\C/C=C\C/C=C\C/C=C\C/C=C\C/C=C\CCC(=O)OC[C@H](COP(=O)(O)OC1C(O)C(O)C(O)[C@@H](O)C1O)OC(=O)CCCCCCCCCCCCCCCCCCCC. The summed E-state index contributed by atoms with van der Waals surface area (Å²) in [4.78, 5) is 35.8. The summed E-state index contributed by atoms with van der Waals surface area (Å²) in [6.45, 7) is 3.14. The maximum Gasteiger partial charge on any atom is 0.472 e. The molecular formula is C52H89O13P. The third kappa shape index (κ3) is 32.9. The Kier molecular flexibility index (Phi) is 38.3. The van der Waals surface area contributed by atoms with Crippen LogP contribution in [0.5, 0.6) is 0 Å². The Balaban J connectivity index is 2.46. The lowest BCUT2D eigenvalue weighted by atomic mass is 9.85. The van der Waals surface area contributed by atoms with E-state index in [2.05, 4.69) is 68.5 Å². The summed E-state index contributed by atoms with van der Waals surface area (Å²) < 4.78 is 33.5. The maximum absolute atomic E-state index is 12.8. The summed E-state index contributed by atoms with van der Waals surface area (Å²) in [5.41, 5.74) is 0. The zero-order valence-corrected chi connectivity index (χ0v) is 41.4. The molecule has 6 unspecified atom stereocenters. The topological polar surface area (TPSA) is 210 Å². The van der Waals surface area contributed by atoms with Crippen molar-refractivity contribution >= 4 is 19.8 Å². The van der Waals surface area contributed by atoms with Gasteiger partial charge in [0.2, 0.25) is 0 Å². The molecule has 0 aromatic carbocycles. The van der Waals surface area contributed by atoms with Gasteiger partial charge in [0.1, 0.15) is 43.2 Å². The van der Waals surface area contributed by atoms with Gasteiger partial charge in [0, 0.05) is 12.8 Å². The van der Waals surface area contributed by atoms with E-state index in [1.54, 1.807) is 0 Å². The Hall–Kier alpha value is -2.71. The van der Waals surface area contributed by atoms with Crippen LogP contribution in [0.3, 0.4) is 0 Å². The summed E-state index contributed by atoms with van der Waals surface area (Å²) in [6, 6.07) is 0. The van der Waals surface area contributed by atoms with Crippen LogP contribution in [-0.4, -0.2) is 98.3 Å². The number of hydrogen-bond acceptors (Lipinski definition) is 12. The van der Waals surface area contributed by atoms with Crippen LogP contribution in [0.4, 0.5) is 0 Å². The molecule has 0 radical (unpaired) electrons. The molecule has 0 heterocycles. The van der Waals surface area contributed by atoms with Crippen LogP contribution in [0.25, 0.3) is 0 Å². The molecule has 0 aromatic rings. The third-order valence-corrected chi connectivity index (χ3v) is 12.3. The highest BCUT2D eigenvalue weighted by Crippen LogP contribution is 2.47. The average Bonchev–Trinajstić information content (AvgIpc) is 3.30. The van der Waals surface area contributed by atoms with E-state index >= 15 is 0 Å². The molecule has 1 aliphatic carbocycles. The first kappa shape index (κ1) is 61.3. The lowest BCUT2D eigenvalue weighted by molar-refractivity contribution is -0.220. The monoisotopic (exact) mass is 953 g/mol. The number of rotatable bonds is 41. The molecule has 380 valence electrons. The molecule has 0 saturated heterocycles. The first-order chi connectivity index (χ1) is 31.9. The minimum absolute atomic E-state index is 0.0402. The molecule has 14 heteroatoms. The van der Waals surface area contributed by atoms with E-state index in [4.69, 9.17) is 18.5 Å². The fourth-order valence-corrected chi connectivity index (χ4v) is 8.29. The smallest absolute Gasteiger partial charge is 0.462 e. The van der Waals surface area contributed by atoms with Gasteiger partial charge in [0.05, 0.1) is 6.61 Å². The number of phosphoric ester groups is 1. The second-order valence-electron chi connectivity index (χ2n) is 17.3. The van der Waals surface area contributed by atoms with Crippen molar-refractivity contribution in [1.29, 1.82) is 0 Å². The molecule has 1 aliphatic rings. The number of allylic oxidation sites excluding steroid dienone is 12. The molecule has 6 N–H and O–H groups in total. The molecular weight excluding hydrogens is 864 g/mol. The van der Waals surface area contributed by atoms with Crippen molar-refractivity contribution in [3.05, 3.63) is 72.9 Å². The average molecular weight is 953 g/mol. The fraction of sp³-hybridized carbons (Fsp3) is 0.731. The predicted molar refractivity (Wildman–Crippen MR) is 262 cm³/mol. The van der Waals surface area contributed by atoms with E-state index < -0.39 is 75.7 Å². The Morgan fingerprint density at radius 1 is 0.485 bits per heavy atom. The quantitative estimate of drug-likeness (QED) is 0.0146. The third-order valence-electron chi connectivity index (χ3n) is 11.3. The Morgan fingerprint density at radius 3 is 1.29 bits per heavy atom. The number of carbonyl (C=O) groups excluding carboxylic acids is 2. The first-order valence-corrected chi connectivity index (χ1v) is 26.7. The molecule has 0 aliphatic heterocycles. The van der Waals surface area contributed by atoms with Gasteiger partial charge in [-0.2, -0.15) is 0 Å². The van der Waals surface area contributed by atoms with E-state index in [1.807, 2.05) is 18.2 Å². The van der Waals surface area contributed by atoms with Gasteiger partial charge >= 0.3 is 19.8 Å². The summed E-state index contributed by atoms with van der Waals surface area (Å²) >= 11 is 0. The van der Waals surface area contributed by atoms with Crippen molar-refractivity contribution in [2.24, 2.45) is 0 Å². The number of phosphoric acid groups is 1. The molecule has 0 bridgehead atoms. The second kappa shape index (κ2) is 41.3. The van der Waals surface area contributed by atoms with E-state index in [0.717, 1.165) is 57.8 Å². The highest BCUT2D eigenvalue weighted by Gasteiger charge is 2.51. The van der Waals surface area contributed by atoms with Crippen molar-refractivity contribution < 1.29 is 63.1 Å². The Morgan fingerprint density at radius 2 is 0.864 bits per heavy atom. The number of hydrogen-bond donors (Lipinski definition) is 6. The van der Waals surface area contributed by atoms with Crippen LogP contribution in [0.15, 0.2) is 72.9 Å². The zero-order valence-electron chi connectivity index (χ0n) is 40.5. The molecule has 0 amide bonds. The van der Waals surface area contributed by atoms with E-state index in [-0.39, 0.29) is 12.8 Å². The summed E-state index contributed by atoms with van der Waals surface area (Å²) in [6.07, 6.45) is 39.6. The number of ether oxygens (including phenoxy) is 2. The van der Waals surface area contributed by atoms with Gasteiger partial charge in [-0.1, -0.05) is 196 Å². The van der Waals surface area contributed by atoms with Gasteiger partial charge in [-0.3, -0.25) is 18.6 Å². The standard InChI is InChI=1S/C52H89O13P/c1-3-5-7-9-11-13-15-17-19-21-23-25-26-28-30-32-34-36-38-40-45(53)62-42-44(43-63-66(60,61)65-52-50(58)48(56)47(55)49(57)51(52)59)64-46(54)41-39-37-35-33-31-29-27-24-22-20-18-16-14-12-10-8-6-4-2/h5,7,11,13,17,19,23,25,28,30,34,36,44,47-52,55-59H,3-4,6,8-10,12,14-16,18,20-22,24,26-27,29,31-33,35,37-43H2,1-2H3,(H,60,61)/b7-5-,13-11-,19-17-,25-23-,30-28-,36-34-/t44-,47?,48-,49?,50?,51?,52?/m1/s1. The zero-order chi connectivity index (χ0) is 48.5. The van der Waals surface area contributed by atoms with Gasteiger partial charge < -0.3 is 39.9 Å². The van der Waals surface area contributed by atoms with Gasteiger partial charge in [-0.05, 0) is 51.4 Å². The van der Waals surface area contributed by atoms with Crippen molar-refractivity contribution in [1.82, 2.24) is 0 Å². The highest BCUT2D eigenvalue weighted by atomic mass is 31.2. The van der Waals surface area contributed by atoms with Crippen LogP contribution >= 0.6 is 7.82 Å². The van der Waals surface area contributed by atoms with Crippen LogP contribution < -0.4 is 0 Å². The predicted octanol–water partition coefficient (Wildman–Crippen LogP) is 10.7.